The lowest BCUT2D eigenvalue weighted by atomic mass is 9.97. The second-order valence-electron chi connectivity index (χ2n) is 3.65. The first-order valence-corrected chi connectivity index (χ1v) is 4.67. The van der Waals surface area contributed by atoms with Gasteiger partial charge < -0.3 is 15.6 Å². The summed E-state index contributed by atoms with van der Waals surface area (Å²) < 4.78 is 42.2. The molecule has 0 saturated carbocycles. The Hall–Kier alpha value is -1.27. The van der Waals surface area contributed by atoms with E-state index < -0.39 is 23.9 Å². The summed E-state index contributed by atoms with van der Waals surface area (Å²) in [5, 5.41) is 9.38. The number of nitrogens with two attached hydrogens (primary N) is 1. The van der Waals surface area contributed by atoms with Gasteiger partial charge in [0, 0.05) is 5.56 Å². The number of hydrogen-bond acceptors (Lipinski definition) is 3. The molecule has 2 atom stereocenters. The Balaban J connectivity index is 2.41. The number of halogens is 3. The Morgan fingerprint density at radius 3 is 2.69 bits per heavy atom. The van der Waals surface area contributed by atoms with E-state index in [-0.39, 0.29) is 12.4 Å². The number of rotatable bonds is 0. The number of fused-ring (bicyclic) bond motifs is 1. The van der Waals surface area contributed by atoms with Gasteiger partial charge in [-0.25, -0.2) is 0 Å². The highest BCUT2D eigenvalue weighted by Crippen LogP contribution is 2.37. The average Bonchev–Trinajstić information content (AvgIpc) is 2.22. The standard InChI is InChI=1S/C10H10F3NO2/c11-10(12,13)5-1-2-6-8(3-5)16-4-7(15)9(6)14/h1-3,7,9,15H,4,14H2/t7-,9+/m1/s1. The average molecular weight is 233 g/mol. The first kappa shape index (κ1) is 11.2. The Kier molecular flexibility index (Phi) is 2.55. The van der Waals surface area contributed by atoms with Gasteiger partial charge in [-0.1, -0.05) is 6.07 Å². The lowest BCUT2D eigenvalue weighted by Crippen LogP contribution is -2.35. The van der Waals surface area contributed by atoms with Crippen molar-refractivity contribution in [2.75, 3.05) is 6.61 Å². The van der Waals surface area contributed by atoms with Gasteiger partial charge in [-0.2, -0.15) is 13.2 Å². The van der Waals surface area contributed by atoms with Crippen LogP contribution in [0.4, 0.5) is 13.2 Å². The summed E-state index contributed by atoms with van der Waals surface area (Å²) in [6.45, 7) is -0.0878. The molecule has 0 amide bonds. The van der Waals surface area contributed by atoms with Crippen LogP contribution in [0.2, 0.25) is 0 Å². The molecule has 6 heteroatoms. The fourth-order valence-corrected chi connectivity index (χ4v) is 1.60. The van der Waals surface area contributed by atoms with Crippen molar-refractivity contribution in [3.05, 3.63) is 29.3 Å². The van der Waals surface area contributed by atoms with Crippen LogP contribution < -0.4 is 10.5 Å². The van der Waals surface area contributed by atoms with E-state index in [9.17, 15) is 18.3 Å². The van der Waals surface area contributed by atoms with E-state index in [0.29, 0.717) is 5.56 Å². The molecule has 0 saturated heterocycles. The normalized spacial score (nSPS) is 24.8. The SMILES string of the molecule is N[C@H]1c2ccc(C(F)(F)F)cc2OC[C@H]1O. The molecule has 0 radical (unpaired) electrons. The minimum absolute atomic E-state index is 0.0878. The van der Waals surface area contributed by atoms with Crippen LogP contribution in [0.5, 0.6) is 5.75 Å². The van der Waals surface area contributed by atoms with E-state index in [2.05, 4.69) is 0 Å². The van der Waals surface area contributed by atoms with Crippen LogP contribution in [0.25, 0.3) is 0 Å². The molecule has 1 aromatic carbocycles. The van der Waals surface area contributed by atoms with E-state index in [1.54, 1.807) is 0 Å². The Labute approximate surface area is 89.6 Å². The zero-order valence-electron chi connectivity index (χ0n) is 8.16. The maximum absolute atomic E-state index is 12.4. The minimum Gasteiger partial charge on any atom is -0.490 e. The molecule has 1 aliphatic rings. The summed E-state index contributed by atoms with van der Waals surface area (Å²) in [6.07, 6.45) is -5.29. The van der Waals surface area contributed by atoms with E-state index in [1.807, 2.05) is 0 Å². The van der Waals surface area contributed by atoms with Crippen LogP contribution in [0, 0.1) is 0 Å². The van der Waals surface area contributed by atoms with Crippen molar-refractivity contribution in [1.29, 1.82) is 0 Å². The minimum atomic E-state index is -4.40. The predicted molar refractivity (Wildman–Crippen MR) is 49.9 cm³/mol. The number of aliphatic hydroxyl groups excluding tert-OH is 1. The second-order valence-corrected chi connectivity index (χ2v) is 3.65. The van der Waals surface area contributed by atoms with Gasteiger partial charge in [-0.05, 0) is 12.1 Å². The zero-order valence-corrected chi connectivity index (χ0v) is 8.16. The molecule has 0 spiro atoms. The molecule has 1 aromatic rings. The molecule has 0 bridgehead atoms. The Morgan fingerprint density at radius 2 is 2.06 bits per heavy atom. The smallest absolute Gasteiger partial charge is 0.416 e. The van der Waals surface area contributed by atoms with Crippen LogP contribution in [0.15, 0.2) is 18.2 Å². The van der Waals surface area contributed by atoms with Gasteiger partial charge in [0.15, 0.2) is 0 Å². The first-order valence-electron chi connectivity index (χ1n) is 4.67. The Morgan fingerprint density at radius 1 is 1.38 bits per heavy atom. The van der Waals surface area contributed by atoms with Crippen molar-refractivity contribution < 1.29 is 23.0 Å². The summed E-state index contributed by atoms with van der Waals surface area (Å²) in [5.74, 6) is 0.0904. The van der Waals surface area contributed by atoms with E-state index in [4.69, 9.17) is 10.5 Å². The van der Waals surface area contributed by atoms with Crippen LogP contribution >= 0.6 is 0 Å². The van der Waals surface area contributed by atoms with Gasteiger partial charge in [0.1, 0.15) is 18.5 Å². The highest BCUT2D eigenvalue weighted by atomic mass is 19.4. The number of hydrogen-bond donors (Lipinski definition) is 2. The molecule has 0 fully saturated rings. The van der Waals surface area contributed by atoms with Gasteiger partial charge >= 0.3 is 6.18 Å². The summed E-state index contributed by atoms with van der Waals surface area (Å²) in [4.78, 5) is 0. The predicted octanol–water partition coefficient (Wildman–Crippen LogP) is 1.46. The van der Waals surface area contributed by atoms with Gasteiger partial charge in [-0.15, -0.1) is 0 Å². The molecule has 2 rings (SSSR count). The largest absolute Gasteiger partial charge is 0.490 e. The Bertz CT molecular complexity index is 406. The monoisotopic (exact) mass is 233 g/mol. The maximum Gasteiger partial charge on any atom is 0.416 e. The molecular formula is C10H10F3NO2. The molecule has 3 nitrogen and oxygen atoms in total. The third-order valence-electron chi connectivity index (χ3n) is 2.52. The van der Waals surface area contributed by atoms with Crippen molar-refractivity contribution in [2.24, 2.45) is 5.73 Å². The molecule has 3 N–H and O–H groups in total. The van der Waals surface area contributed by atoms with Gasteiger partial charge in [0.2, 0.25) is 0 Å². The fourth-order valence-electron chi connectivity index (χ4n) is 1.60. The summed E-state index contributed by atoms with van der Waals surface area (Å²) in [7, 11) is 0. The lowest BCUT2D eigenvalue weighted by Gasteiger charge is -2.28. The molecule has 1 aliphatic heterocycles. The molecule has 0 unspecified atom stereocenters. The van der Waals surface area contributed by atoms with Crippen molar-refractivity contribution >= 4 is 0 Å². The third-order valence-corrected chi connectivity index (χ3v) is 2.52. The van der Waals surface area contributed by atoms with Gasteiger partial charge in [0.25, 0.3) is 0 Å². The van der Waals surface area contributed by atoms with E-state index in [0.717, 1.165) is 12.1 Å². The topological polar surface area (TPSA) is 55.5 Å². The first-order chi connectivity index (χ1) is 7.39. The van der Waals surface area contributed by atoms with Crippen LogP contribution in [0.3, 0.4) is 0 Å². The quantitative estimate of drug-likeness (QED) is 0.713. The van der Waals surface area contributed by atoms with Crippen LogP contribution in [-0.4, -0.2) is 17.8 Å². The number of aliphatic hydroxyl groups is 1. The van der Waals surface area contributed by atoms with Gasteiger partial charge in [0.05, 0.1) is 11.6 Å². The summed E-state index contributed by atoms with van der Waals surface area (Å²) in [5.41, 5.74) is 5.25. The molecule has 88 valence electrons. The highest BCUT2D eigenvalue weighted by Gasteiger charge is 2.33. The molecule has 16 heavy (non-hydrogen) atoms. The van der Waals surface area contributed by atoms with Crippen LogP contribution in [-0.2, 0) is 6.18 Å². The van der Waals surface area contributed by atoms with E-state index in [1.165, 1.54) is 6.07 Å². The van der Waals surface area contributed by atoms with Crippen molar-refractivity contribution in [3.8, 4) is 5.75 Å². The summed E-state index contributed by atoms with van der Waals surface area (Å²) >= 11 is 0. The van der Waals surface area contributed by atoms with Gasteiger partial charge in [-0.3, -0.25) is 0 Å². The number of alkyl halides is 3. The fraction of sp³-hybridized carbons (Fsp3) is 0.400. The second kappa shape index (κ2) is 3.64. The van der Waals surface area contributed by atoms with Crippen molar-refractivity contribution in [3.63, 3.8) is 0 Å². The zero-order chi connectivity index (χ0) is 11.9. The highest BCUT2D eigenvalue weighted by molar-refractivity contribution is 5.42. The number of ether oxygens (including phenoxy) is 1. The number of benzene rings is 1. The maximum atomic E-state index is 12.4. The van der Waals surface area contributed by atoms with E-state index >= 15 is 0 Å². The molecule has 0 aromatic heterocycles. The molecular weight excluding hydrogens is 223 g/mol. The lowest BCUT2D eigenvalue weighted by molar-refractivity contribution is -0.137. The van der Waals surface area contributed by atoms with Crippen LogP contribution in [0.1, 0.15) is 17.2 Å². The summed E-state index contributed by atoms with van der Waals surface area (Å²) in [6, 6.07) is 2.37. The van der Waals surface area contributed by atoms with Crippen molar-refractivity contribution in [2.45, 2.75) is 18.3 Å². The molecule has 0 aliphatic carbocycles. The molecule has 1 heterocycles. The third kappa shape index (κ3) is 1.85. The van der Waals surface area contributed by atoms with Crippen molar-refractivity contribution in [1.82, 2.24) is 0 Å².